The maximum Gasteiger partial charge on any atom is 0.251 e. The van der Waals surface area contributed by atoms with Gasteiger partial charge in [-0.1, -0.05) is 0 Å². The number of nitrogens with one attached hydrogen (secondary N) is 1. The minimum atomic E-state index is -0.104. The van der Waals surface area contributed by atoms with Crippen LogP contribution in [0.1, 0.15) is 15.9 Å². The summed E-state index contributed by atoms with van der Waals surface area (Å²) in [6.07, 6.45) is 0. The highest BCUT2D eigenvalue weighted by atomic mass is 127. The van der Waals surface area contributed by atoms with E-state index >= 15 is 0 Å². The fraction of sp³-hybridized carbons (Fsp3) is 0.188. The number of ether oxygens (including phenoxy) is 2. The minimum absolute atomic E-state index is 0.104. The highest BCUT2D eigenvalue weighted by molar-refractivity contribution is 14.1. The molecular formula is C16H16INO3. The van der Waals surface area contributed by atoms with E-state index < -0.39 is 0 Å². The summed E-state index contributed by atoms with van der Waals surface area (Å²) in [6, 6.07) is 13.0. The van der Waals surface area contributed by atoms with Gasteiger partial charge in [-0.3, -0.25) is 4.79 Å². The molecule has 0 aliphatic carbocycles. The molecule has 0 spiro atoms. The molecule has 0 saturated heterocycles. The van der Waals surface area contributed by atoms with Crippen LogP contribution in [0.15, 0.2) is 42.5 Å². The molecule has 0 atom stereocenters. The topological polar surface area (TPSA) is 47.6 Å². The Morgan fingerprint density at radius 2 is 1.62 bits per heavy atom. The maximum absolute atomic E-state index is 12.1. The van der Waals surface area contributed by atoms with E-state index in [0.29, 0.717) is 23.6 Å². The Morgan fingerprint density at radius 1 is 1.05 bits per heavy atom. The smallest absolute Gasteiger partial charge is 0.251 e. The second-order valence-electron chi connectivity index (χ2n) is 4.41. The van der Waals surface area contributed by atoms with Crippen molar-refractivity contribution in [2.45, 2.75) is 6.54 Å². The van der Waals surface area contributed by atoms with Crippen LogP contribution in [0, 0.1) is 3.57 Å². The van der Waals surface area contributed by atoms with Crippen LogP contribution >= 0.6 is 22.6 Å². The molecule has 2 rings (SSSR count). The largest absolute Gasteiger partial charge is 0.497 e. The summed E-state index contributed by atoms with van der Waals surface area (Å²) in [7, 11) is 3.20. The van der Waals surface area contributed by atoms with Crippen molar-refractivity contribution in [1.29, 1.82) is 0 Å². The molecular weight excluding hydrogens is 381 g/mol. The van der Waals surface area contributed by atoms with Gasteiger partial charge < -0.3 is 14.8 Å². The number of methoxy groups -OCH3 is 2. The molecule has 0 radical (unpaired) electrons. The van der Waals surface area contributed by atoms with Crippen molar-refractivity contribution in [1.82, 2.24) is 5.32 Å². The molecule has 110 valence electrons. The molecule has 0 bridgehead atoms. The number of rotatable bonds is 5. The zero-order valence-electron chi connectivity index (χ0n) is 11.9. The molecule has 0 saturated carbocycles. The molecule has 5 heteroatoms. The molecule has 0 unspecified atom stereocenters. The van der Waals surface area contributed by atoms with E-state index in [1.165, 1.54) is 0 Å². The summed E-state index contributed by atoms with van der Waals surface area (Å²) in [5.74, 6) is 1.30. The molecule has 0 aliphatic rings. The number of carbonyl (C=O) groups is 1. The first-order valence-corrected chi connectivity index (χ1v) is 7.46. The SMILES string of the molecule is COc1cc(CNC(=O)c2ccc(I)cc2)cc(OC)c1. The van der Waals surface area contributed by atoms with Crippen LogP contribution in [-0.4, -0.2) is 20.1 Å². The Balaban J connectivity index is 2.05. The number of carbonyl (C=O) groups excluding carboxylic acids is 1. The molecule has 0 aromatic heterocycles. The van der Waals surface area contributed by atoms with Gasteiger partial charge in [0.25, 0.3) is 5.91 Å². The third kappa shape index (κ3) is 4.35. The van der Waals surface area contributed by atoms with Crippen LogP contribution in [0.25, 0.3) is 0 Å². The highest BCUT2D eigenvalue weighted by Crippen LogP contribution is 2.22. The van der Waals surface area contributed by atoms with Crippen molar-refractivity contribution < 1.29 is 14.3 Å². The summed E-state index contributed by atoms with van der Waals surface area (Å²) < 4.78 is 11.5. The van der Waals surface area contributed by atoms with E-state index in [-0.39, 0.29) is 5.91 Å². The maximum atomic E-state index is 12.1. The van der Waals surface area contributed by atoms with Crippen LogP contribution in [0.3, 0.4) is 0 Å². The predicted octanol–water partition coefficient (Wildman–Crippen LogP) is 3.24. The quantitative estimate of drug-likeness (QED) is 0.789. The second-order valence-corrected chi connectivity index (χ2v) is 5.66. The van der Waals surface area contributed by atoms with Crippen LogP contribution in [-0.2, 0) is 6.54 Å². The van der Waals surface area contributed by atoms with E-state index in [0.717, 1.165) is 9.13 Å². The second kappa shape index (κ2) is 7.31. The van der Waals surface area contributed by atoms with Crippen LogP contribution < -0.4 is 14.8 Å². The van der Waals surface area contributed by atoms with Gasteiger partial charge >= 0.3 is 0 Å². The van der Waals surface area contributed by atoms with Gasteiger partial charge in [-0.05, 0) is 64.6 Å². The van der Waals surface area contributed by atoms with Gasteiger partial charge in [-0.15, -0.1) is 0 Å². The van der Waals surface area contributed by atoms with Crippen molar-refractivity contribution in [3.05, 3.63) is 57.2 Å². The molecule has 4 nitrogen and oxygen atoms in total. The van der Waals surface area contributed by atoms with Gasteiger partial charge in [0.2, 0.25) is 0 Å². The van der Waals surface area contributed by atoms with Crippen molar-refractivity contribution in [3.63, 3.8) is 0 Å². The van der Waals surface area contributed by atoms with Crippen LogP contribution in [0.4, 0.5) is 0 Å². The average molecular weight is 397 g/mol. The normalized spacial score (nSPS) is 10.0. The van der Waals surface area contributed by atoms with Crippen molar-refractivity contribution in [2.24, 2.45) is 0 Å². The Morgan fingerprint density at radius 3 is 2.14 bits per heavy atom. The predicted molar refractivity (Wildman–Crippen MR) is 89.9 cm³/mol. The standard InChI is InChI=1S/C16H16INO3/c1-20-14-7-11(8-15(9-14)21-2)10-18-16(19)12-3-5-13(17)6-4-12/h3-9H,10H2,1-2H3,(H,18,19). The third-order valence-corrected chi connectivity index (χ3v) is 3.69. The Labute approximate surface area is 137 Å². The van der Waals surface area contributed by atoms with E-state index in [4.69, 9.17) is 9.47 Å². The monoisotopic (exact) mass is 397 g/mol. The zero-order chi connectivity index (χ0) is 15.2. The Bertz CT molecular complexity index is 604. The van der Waals surface area contributed by atoms with Gasteiger partial charge in [0, 0.05) is 21.7 Å². The molecule has 0 heterocycles. The fourth-order valence-corrected chi connectivity index (χ4v) is 2.21. The lowest BCUT2D eigenvalue weighted by atomic mass is 10.1. The number of hydrogen-bond acceptors (Lipinski definition) is 3. The van der Waals surface area contributed by atoms with Crippen molar-refractivity contribution in [2.75, 3.05) is 14.2 Å². The summed E-state index contributed by atoms with van der Waals surface area (Å²) >= 11 is 2.21. The van der Waals surface area contributed by atoms with Crippen molar-refractivity contribution >= 4 is 28.5 Å². The third-order valence-electron chi connectivity index (χ3n) is 2.97. The first kappa shape index (κ1) is 15.6. The molecule has 1 N–H and O–H groups in total. The zero-order valence-corrected chi connectivity index (χ0v) is 14.0. The van der Waals surface area contributed by atoms with E-state index in [1.54, 1.807) is 20.3 Å². The Hall–Kier alpha value is -1.76. The molecule has 0 fully saturated rings. The van der Waals surface area contributed by atoms with Gasteiger partial charge in [0.1, 0.15) is 11.5 Å². The highest BCUT2D eigenvalue weighted by Gasteiger charge is 2.07. The summed E-state index contributed by atoms with van der Waals surface area (Å²) in [5.41, 5.74) is 1.57. The van der Waals surface area contributed by atoms with Gasteiger partial charge in [-0.2, -0.15) is 0 Å². The van der Waals surface area contributed by atoms with Crippen LogP contribution in [0.5, 0.6) is 11.5 Å². The number of amides is 1. The summed E-state index contributed by atoms with van der Waals surface area (Å²) in [5, 5.41) is 2.88. The molecule has 2 aromatic carbocycles. The Kier molecular flexibility index (Phi) is 5.44. The molecule has 1 amide bonds. The van der Waals surface area contributed by atoms with Gasteiger partial charge in [-0.25, -0.2) is 0 Å². The fourth-order valence-electron chi connectivity index (χ4n) is 1.85. The lowest BCUT2D eigenvalue weighted by Gasteiger charge is -2.09. The van der Waals surface area contributed by atoms with Crippen LogP contribution in [0.2, 0.25) is 0 Å². The summed E-state index contributed by atoms with van der Waals surface area (Å²) in [6.45, 7) is 0.415. The van der Waals surface area contributed by atoms with Gasteiger partial charge in [0.15, 0.2) is 0 Å². The first-order chi connectivity index (χ1) is 10.1. The molecule has 0 aliphatic heterocycles. The van der Waals surface area contributed by atoms with Crippen molar-refractivity contribution in [3.8, 4) is 11.5 Å². The lowest BCUT2D eigenvalue weighted by Crippen LogP contribution is -2.22. The molecule has 2 aromatic rings. The first-order valence-electron chi connectivity index (χ1n) is 6.38. The number of halogens is 1. The van der Waals surface area contributed by atoms with Gasteiger partial charge in [0.05, 0.1) is 14.2 Å². The number of benzene rings is 2. The van der Waals surface area contributed by atoms with E-state index in [1.807, 2.05) is 36.4 Å². The minimum Gasteiger partial charge on any atom is -0.497 e. The van der Waals surface area contributed by atoms with E-state index in [2.05, 4.69) is 27.9 Å². The average Bonchev–Trinajstić information content (AvgIpc) is 2.52. The van der Waals surface area contributed by atoms with E-state index in [9.17, 15) is 4.79 Å². The summed E-state index contributed by atoms with van der Waals surface area (Å²) in [4.78, 5) is 12.1. The lowest BCUT2D eigenvalue weighted by molar-refractivity contribution is 0.0951. The molecule has 21 heavy (non-hydrogen) atoms. The number of hydrogen-bond donors (Lipinski definition) is 1.